The lowest BCUT2D eigenvalue weighted by Crippen LogP contribution is -2.31. The largest absolute Gasteiger partial charge is 0.381 e. The van der Waals surface area contributed by atoms with E-state index < -0.39 is 0 Å². The molecule has 1 aliphatic carbocycles. The van der Waals surface area contributed by atoms with Gasteiger partial charge in [-0.15, -0.1) is 0 Å². The maximum absolute atomic E-state index is 12.5. The minimum atomic E-state index is 0.0512. The van der Waals surface area contributed by atoms with Gasteiger partial charge in [0.25, 0.3) is 0 Å². The average molecular weight is 335 g/mol. The Kier molecular flexibility index (Phi) is 6.36. The van der Waals surface area contributed by atoms with E-state index in [1.54, 1.807) is 11.8 Å². The van der Waals surface area contributed by atoms with Gasteiger partial charge >= 0.3 is 0 Å². The summed E-state index contributed by atoms with van der Waals surface area (Å²) >= 11 is 7.16. The first-order chi connectivity index (χ1) is 10.5. The molecule has 0 heterocycles. The van der Waals surface area contributed by atoms with Crippen LogP contribution in [0.25, 0.3) is 0 Å². The van der Waals surface area contributed by atoms with Gasteiger partial charge in [0.15, 0.2) is 5.78 Å². The monoisotopic (exact) mass is 334 g/mol. The second kappa shape index (κ2) is 8.04. The molecule has 0 saturated carbocycles. The summed E-state index contributed by atoms with van der Waals surface area (Å²) < 4.78 is 5.63. The van der Waals surface area contributed by atoms with E-state index >= 15 is 0 Å². The van der Waals surface area contributed by atoms with Crippen LogP contribution in [0, 0.1) is 11.8 Å². The number of ketones is 1. The molecule has 0 N–H and O–H groups in total. The number of carbonyl (C=O) groups excluding carboxylic acids is 1. The van der Waals surface area contributed by atoms with Crippen LogP contribution in [0.5, 0.6) is 0 Å². The van der Waals surface area contributed by atoms with Crippen molar-refractivity contribution in [3.05, 3.63) is 40.8 Å². The van der Waals surface area contributed by atoms with Gasteiger partial charge in [0, 0.05) is 39.2 Å². The topological polar surface area (TPSA) is 26.3 Å². The average Bonchev–Trinajstić information content (AvgIpc) is 2.47. The number of rotatable bonds is 6. The van der Waals surface area contributed by atoms with Crippen LogP contribution in [0.4, 0.5) is 0 Å². The number of carbonyl (C=O) groups is 1. The van der Waals surface area contributed by atoms with Crippen LogP contribution in [0.15, 0.2) is 45.7 Å². The molecular weight excluding hydrogens is 312 g/mol. The smallest absolute Gasteiger partial charge is 0.164 e. The lowest BCUT2D eigenvalue weighted by Gasteiger charge is -2.30. The van der Waals surface area contributed by atoms with E-state index in [1.807, 2.05) is 25.1 Å². The van der Waals surface area contributed by atoms with Crippen LogP contribution in [-0.2, 0) is 9.53 Å². The van der Waals surface area contributed by atoms with Crippen LogP contribution in [0.1, 0.15) is 27.2 Å². The van der Waals surface area contributed by atoms with Crippen molar-refractivity contribution in [3.8, 4) is 0 Å². The molecular formula is C18H22O2S2. The van der Waals surface area contributed by atoms with Crippen molar-refractivity contribution in [2.45, 2.75) is 32.1 Å². The van der Waals surface area contributed by atoms with Crippen LogP contribution in [-0.4, -0.2) is 23.9 Å². The number of hydrogen-bond acceptors (Lipinski definition) is 4. The van der Waals surface area contributed by atoms with Crippen molar-refractivity contribution >= 4 is 34.6 Å². The molecule has 118 valence electrons. The SMILES string of the molecule is CCOCC1C(=S)CC(=O)C(C(C)C)=C1Sc1ccccc1. The zero-order valence-corrected chi connectivity index (χ0v) is 14.9. The molecule has 0 aliphatic heterocycles. The second-order valence-electron chi connectivity index (χ2n) is 5.63. The van der Waals surface area contributed by atoms with Gasteiger partial charge in [0.05, 0.1) is 6.61 Å². The van der Waals surface area contributed by atoms with Gasteiger partial charge in [0.2, 0.25) is 0 Å². The van der Waals surface area contributed by atoms with E-state index in [9.17, 15) is 4.79 Å². The minimum Gasteiger partial charge on any atom is -0.381 e. The van der Waals surface area contributed by atoms with E-state index in [-0.39, 0.29) is 17.6 Å². The lowest BCUT2D eigenvalue weighted by molar-refractivity contribution is -0.115. The number of allylic oxidation sites excluding steroid dienone is 1. The van der Waals surface area contributed by atoms with E-state index in [0.29, 0.717) is 19.6 Å². The van der Waals surface area contributed by atoms with Gasteiger partial charge in [0.1, 0.15) is 0 Å². The summed E-state index contributed by atoms with van der Waals surface area (Å²) in [5.41, 5.74) is 0.923. The Balaban J connectivity index is 2.42. The maximum Gasteiger partial charge on any atom is 0.164 e. The first-order valence-electron chi connectivity index (χ1n) is 7.65. The summed E-state index contributed by atoms with van der Waals surface area (Å²) in [6.45, 7) is 7.35. The van der Waals surface area contributed by atoms with Crippen molar-refractivity contribution in [1.82, 2.24) is 0 Å². The summed E-state index contributed by atoms with van der Waals surface area (Å²) in [4.78, 5) is 15.5. The van der Waals surface area contributed by atoms with Crippen LogP contribution in [0.2, 0.25) is 0 Å². The molecule has 4 heteroatoms. The van der Waals surface area contributed by atoms with E-state index in [4.69, 9.17) is 17.0 Å². The molecule has 22 heavy (non-hydrogen) atoms. The van der Waals surface area contributed by atoms with Crippen molar-refractivity contribution in [2.75, 3.05) is 13.2 Å². The molecule has 1 unspecified atom stereocenters. The third-order valence-corrected chi connectivity index (χ3v) is 5.30. The van der Waals surface area contributed by atoms with E-state index in [2.05, 4.69) is 26.0 Å². The fourth-order valence-corrected chi connectivity index (χ4v) is 4.35. The molecule has 1 aromatic rings. The number of hydrogen-bond donors (Lipinski definition) is 0. The second-order valence-corrected chi connectivity index (χ2v) is 7.27. The molecule has 0 bridgehead atoms. The minimum absolute atomic E-state index is 0.0512. The summed E-state index contributed by atoms with van der Waals surface area (Å²) in [5.74, 6) is 0.423. The van der Waals surface area contributed by atoms with Gasteiger partial charge in [-0.25, -0.2) is 0 Å². The number of thiocarbonyl (C=S) groups is 1. The highest BCUT2D eigenvalue weighted by Gasteiger charge is 2.34. The molecule has 1 aliphatic rings. The van der Waals surface area contributed by atoms with E-state index in [1.165, 1.54) is 0 Å². The highest BCUT2D eigenvalue weighted by molar-refractivity contribution is 8.03. The molecule has 0 spiro atoms. The molecule has 0 amide bonds. The predicted molar refractivity (Wildman–Crippen MR) is 96.4 cm³/mol. The zero-order valence-electron chi connectivity index (χ0n) is 13.3. The Morgan fingerprint density at radius 2 is 2.00 bits per heavy atom. The lowest BCUT2D eigenvalue weighted by atomic mass is 9.84. The van der Waals surface area contributed by atoms with Crippen molar-refractivity contribution in [3.63, 3.8) is 0 Å². The third kappa shape index (κ3) is 4.06. The summed E-state index contributed by atoms with van der Waals surface area (Å²) in [7, 11) is 0. The van der Waals surface area contributed by atoms with Crippen LogP contribution in [0.3, 0.4) is 0 Å². The fourth-order valence-electron chi connectivity index (χ4n) is 2.60. The number of thioether (sulfide) groups is 1. The van der Waals surface area contributed by atoms with Gasteiger partial charge in [-0.05, 0) is 25.0 Å². The Labute approximate surface area is 142 Å². The predicted octanol–water partition coefficient (Wildman–Crippen LogP) is 4.68. The Hall–Kier alpha value is -0.970. The normalized spacial score (nSPS) is 19.2. The standard InChI is InChI=1S/C18H22O2S2/c1-4-20-11-14-16(21)10-15(19)17(12(2)3)18(14)22-13-8-6-5-7-9-13/h5-9,12,14H,4,10-11H2,1-3H3. The molecule has 2 rings (SSSR count). The van der Waals surface area contributed by atoms with Crippen molar-refractivity contribution in [2.24, 2.45) is 11.8 Å². The fraction of sp³-hybridized carbons (Fsp3) is 0.444. The molecule has 2 nitrogen and oxygen atoms in total. The Morgan fingerprint density at radius 3 is 2.59 bits per heavy atom. The van der Waals surface area contributed by atoms with Gasteiger partial charge < -0.3 is 4.74 Å². The first-order valence-corrected chi connectivity index (χ1v) is 8.87. The maximum atomic E-state index is 12.5. The molecule has 1 atom stereocenters. The van der Waals surface area contributed by atoms with Crippen molar-refractivity contribution < 1.29 is 9.53 Å². The molecule has 1 aromatic carbocycles. The highest BCUT2D eigenvalue weighted by Crippen LogP contribution is 2.41. The van der Waals surface area contributed by atoms with Gasteiger partial charge in [-0.3, -0.25) is 4.79 Å². The number of Topliss-reactive ketones (excluding diaryl/α,β-unsaturated/α-hetero) is 1. The van der Waals surface area contributed by atoms with E-state index in [0.717, 1.165) is 20.2 Å². The summed E-state index contributed by atoms with van der Waals surface area (Å²) in [5, 5.41) is 0. The molecule has 0 fully saturated rings. The highest BCUT2D eigenvalue weighted by atomic mass is 32.2. The zero-order chi connectivity index (χ0) is 16.1. The quantitative estimate of drug-likeness (QED) is 0.705. The molecule has 0 saturated heterocycles. The number of benzene rings is 1. The Bertz CT molecular complexity index is 576. The third-order valence-electron chi connectivity index (χ3n) is 3.64. The van der Waals surface area contributed by atoms with Gasteiger partial charge in [-0.2, -0.15) is 0 Å². The summed E-state index contributed by atoms with van der Waals surface area (Å²) in [6, 6.07) is 10.2. The van der Waals surface area contributed by atoms with Gasteiger partial charge in [-0.1, -0.05) is 56.0 Å². The summed E-state index contributed by atoms with van der Waals surface area (Å²) in [6.07, 6.45) is 0.374. The molecule has 0 aromatic heterocycles. The van der Waals surface area contributed by atoms with Crippen LogP contribution < -0.4 is 0 Å². The molecule has 0 radical (unpaired) electrons. The number of ether oxygens (including phenoxy) is 1. The Morgan fingerprint density at radius 1 is 1.32 bits per heavy atom. The van der Waals surface area contributed by atoms with Crippen LogP contribution >= 0.6 is 24.0 Å². The first kappa shape index (κ1) is 17.4. The van der Waals surface area contributed by atoms with Crippen molar-refractivity contribution in [1.29, 1.82) is 0 Å².